The molecule has 0 heterocycles. The first-order chi connectivity index (χ1) is 9.65. The molecule has 0 bridgehead atoms. The summed E-state index contributed by atoms with van der Waals surface area (Å²) in [6.07, 6.45) is -4.51. The molecular formula is C11H15ClF3N3O3S. The maximum atomic E-state index is 12.0. The Bertz CT molecular complexity index is 591. The van der Waals surface area contributed by atoms with Crippen LogP contribution in [0, 0.1) is 0 Å². The molecule has 1 rings (SSSR count). The lowest BCUT2D eigenvalue weighted by Gasteiger charge is -2.09. The van der Waals surface area contributed by atoms with Gasteiger partial charge in [-0.1, -0.05) is 0 Å². The van der Waals surface area contributed by atoms with E-state index in [9.17, 15) is 26.4 Å². The van der Waals surface area contributed by atoms with Gasteiger partial charge in [-0.2, -0.15) is 13.2 Å². The SMILES string of the molecule is Cl.NCCNS(=O)(=O)c1ccc(C(=O)NCC(F)(F)F)cc1. The Labute approximate surface area is 131 Å². The molecule has 0 aliphatic carbocycles. The molecule has 22 heavy (non-hydrogen) atoms. The fourth-order valence-electron chi connectivity index (χ4n) is 1.34. The average Bonchev–Trinajstić information content (AvgIpc) is 2.42. The maximum Gasteiger partial charge on any atom is 0.405 e. The van der Waals surface area contributed by atoms with Gasteiger partial charge in [0.2, 0.25) is 10.0 Å². The highest BCUT2D eigenvalue weighted by atomic mass is 35.5. The van der Waals surface area contributed by atoms with Gasteiger partial charge in [-0.05, 0) is 24.3 Å². The molecule has 0 unspecified atom stereocenters. The van der Waals surface area contributed by atoms with Crippen LogP contribution in [0.15, 0.2) is 29.2 Å². The quantitative estimate of drug-likeness (QED) is 0.692. The van der Waals surface area contributed by atoms with Crippen molar-refractivity contribution in [1.29, 1.82) is 0 Å². The van der Waals surface area contributed by atoms with E-state index in [-0.39, 0.29) is 36.0 Å². The van der Waals surface area contributed by atoms with Crippen molar-refractivity contribution in [3.63, 3.8) is 0 Å². The number of benzene rings is 1. The monoisotopic (exact) mass is 361 g/mol. The molecule has 0 fully saturated rings. The van der Waals surface area contributed by atoms with E-state index in [1.807, 2.05) is 0 Å². The molecule has 1 amide bonds. The Morgan fingerprint density at radius 2 is 1.73 bits per heavy atom. The van der Waals surface area contributed by atoms with E-state index in [0.717, 1.165) is 24.3 Å². The molecule has 126 valence electrons. The topological polar surface area (TPSA) is 101 Å². The van der Waals surface area contributed by atoms with E-state index >= 15 is 0 Å². The highest BCUT2D eigenvalue weighted by Crippen LogP contribution is 2.14. The minimum Gasteiger partial charge on any atom is -0.343 e. The second kappa shape index (κ2) is 8.32. The Morgan fingerprint density at radius 3 is 2.18 bits per heavy atom. The second-order valence-electron chi connectivity index (χ2n) is 4.01. The fourth-order valence-corrected chi connectivity index (χ4v) is 2.39. The van der Waals surface area contributed by atoms with Crippen molar-refractivity contribution in [1.82, 2.24) is 10.0 Å². The lowest BCUT2D eigenvalue weighted by Crippen LogP contribution is -2.33. The summed E-state index contributed by atoms with van der Waals surface area (Å²) in [4.78, 5) is 11.3. The predicted octanol–water partition coefficient (Wildman–Crippen LogP) is 0.637. The first-order valence-corrected chi connectivity index (χ1v) is 7.29. The first-order valence-electron chi connectivity index (χ1n) is 5.80. The normalized spacial score (nSPS) is 11.6. The third kappa shape index (κ3) is 6.60. The molecule has 0 aromatic heterocycles. The molecule has 0 saturated carbocycles. The number of halogens is 4. The molecular weight excluding hydrogens is 347 g/mol. The minimum absolute atomic E-state index is 0. The molecule has 0 saturated heterocycles. The smallest absolute Gasteiger partial charge is 0.343 e. The summed E-state index contributed by atoms with van der Waals surface area (Å²) in [6.45, 7) is -1.28. The first kappa shape index (κ1) is 20.6. The van der Waals surface area contributed by atoms with Crippen LogP contribution in [0.25, 0.3) is 0 Å². The number of carbonyl (C=O) groups is 1. The third-order valence-electron chi connectivity index (χ3n) is 2.31. The molecule has 6 nitrogen and oxygen atoms in total. The van der Waals surface area contributed by atoms with Crippen LogP contribution >= 0.6 is 12.4 Å². The molecule has 1 aromatic rings. The van der Waals surface area contributed by atoms with E-state index in [0.29, 0.717) is 0 Å². The Kier molecular flexibility index (Phi) is 7.81. The summed E-state index contributed by atoms with van der Waals surface area (Å²) >= 11 is 0. The Balaban J connectivity index is 0.00000441. The molecule has 0 atom stereocenters. The van der Waals surface area contributed by atoms with Crippen LogP contribution in [0.5, 0.6) is 0 Å². The number of carbonyl (C=O) groups excluding carboxylic acids is 1. The molecule has 0 aliphatic rings. The summed E-state index contributed by atoms with van der Waals surface area (Å²) in [6, 6.07) is 4.51. The number of hydrogen-bond acceptors (Lipinski definition) is 4. The number of amides is 1. The molecule has 0 aliphatic heterocycles. The molecule has 0 radical (unpaired) electrons. The van der Waals surface area contributed by atoms with Crippen molar-refractivity contribution in [2.45, 2.75) is 11.1 Å². The zero-order valence-corrected chi connectivity index (χ0v) is 12.8. The number of rotatable bonds is 6. The van der Waals surface area contributed by atoms with E-state index in [1.165, 1.54) is 0 Å². The van der Waals surface area contributed by atoms with Gasteiger partial charge in [0.25, 0.3) is 5.91 Å². The Hall–Kier alpha value is -1.36. The van der Waals surface area contributed by atoms with E-state index < -0.39 is 28.7 Å². The van der Waals surface area contributed by atoms with Gasteiger partial charge >= 0.3 is 6.18 Å². The zero-order chi connectivity index (χ0) is 16.1. The number of hydrogen-bond donors (Lipinski definition) is 3. The lowest BCUT2D eigenvalue weighted by molar-refractivity contribution is -0.123. The van der Waals surface area contributed by atoms with Crippen molar-refractivity contribution in [2.75, 3.05) is 19.6 Å². The van der Waals surface area contributed by atoms with Gasteiger partial charge in [-0.25, -0.2) is 13.1 Å². The summed E-state index contributed by atoms with van der Waals surface area (Å²) in [7, 11) is -3.74. The minimum atomic E-state index is -4.51. The van der Waals surface area contributed by atoms with Crippen LogP contribution in [-0.2, 0) is 10.0 Å². The Morgan fingerprint density at radius 1 is 1.18 bits per heavy atom. The van der Waals surface area contributed by atoms with Crippen LogP contribution in [0.3, 0.4) is 0 Å². The molecule has 0 spiro atoms. The van der Waals surface area contributed by atoms with Crippen LogP contribution in [-0.4, -0.2) is 40.1 Å². The van der Waals surface area contributed by atoms with E-state index in [2.05, 4.69) is 4.72 Å². The number of nitrogens with one attached hydrogen (secondary N) is 2. The highest BCUT2D eigenvalue weighted by molar-refractivity contribution is 7.89. The van der Waals surface area contributed by atoms with Gasteiger partial charge in [-0.15, -0.1) is 12.4 Å². The number of alkyl halides is 3. The van der Waals surface area contributed by atoms with Crippen molar-refractivity contribution >= 4 is 28.3 Å². The van der Waals surface area contributed by atoms with Crippen molar-refractivity contribution < 1.29 is 26.4 Å². The van der Waals surface area contributed by atoms with Crippen LogP contribution in [0.4, 0.5) is 13.2 Å². The number of sulfonamides is 1. The van der Waals surface area contributed by atoms with Crippen LogP contribution < -0.4 is 15.8 Å². The molecule has 11 heteroatoms. The summed E-state index contributed by atoms with van der Waals surface area (Å²) < 4.78 is 61.5. The van der Waals surface area contributed by atoms with E-state index in [4.69, 9.17) is 5.73 Å². The average molecular weight is 362 g/mol. The fraction of sp³-hybridized carbons (Fsp3) is 0.364. The van der Waals surface area contributed by atoms with Crippen molar-refractivity contribution in [2.24, 2.45) is 5.73 Å². The van der Waals surface area contributed by atoms with Crippen LogP contribution in [0.2, 0.25) is 0 Å². The highest BCUT2D eigenvalue weighted by Gasteiger charge is 2.27. The lowest BCUT2D eigenvalue weighted by atomic mass is 10.2. The predicted molar refractivity (Wildman–Crippen MR) is 76.3 cm³/mol. The van der Waals surface area contributed by atoms with Gasteiger partial charge in [0.1, 0.15) is 6.54 Å². The van der Waals surface area contributed by atoms with Gasteiger partial charge in [0.05, 0.1) is 4.90 Å². The van der Waals surface area contributed by atoms with Gasteiger partial charge in [0, 0.05) is 18.7 Å². The van der Waals surface area contributed by atoms with Gasteiger partial charge < -0.3 is 11.1 Å². The summed E-state index contributed by atoms with van der Waals surface area (Å²) in [5.74, 6) is -0.939. The summed E-state index contributed by atoms with van der Waals surface area (Å²) in [5, 5.41) is 1.69. The third-order valence-corrected chi connectivity index (χ3v) is 3.79. The number of nitrogens with two attached hydrogens (primary N) is 1. The van der Waals surface area contributed by atoms with Crippen molar-refractivity contribution in [3.8, 4) is 0 Å². The van der Waals surface area contributed by atoms with E-state index in [1.54, 1.807) is 5.32 Å². The van der Waals surface area contributed by atoms with Crippen LogP contribution in [0.1, 0.15) is 10.4 Å². The second-order valence-corrected chi connectivity index (χ2v) is 5.78. The largest absolute Gasteiger partial charge is 0.405 e. The van der Waals surface area contributed by atoms with Crippen molar-refractivity contribution in [3.05, 3.63) is 29.8 Å². The molecule has 1 aromatic carbocycles. The molecule has 4 N–H and O–H groups in total. The van der Waals surface area contributed by atoms with Gasteiger partial charge in [0.15, 0.2) is 0 Å². The standard InChI is InChI=1S/C11H14F3N3O3S.ClH/c12-11(13,14)7-16-10(18)8-1-3-9(4-2-8)21(19,20)17-6-5-15;/h1-4,17H,5-7,15H2,(H,16,18);1H. The maximum absolute atomic E-state index is 12.0. The zero-order valence-electron chi connectivity index (χ0n) is 11.2. The van der Waals surface area contributed by atoms with Gasteiger partial charge in [-0.3, -0.25) is 4.79 Å². The summed E-state index contributed by atoms with van der Waals surface area (Å²) in [5.41, 5.74) is 5.10.